The first-order valence-electron chi connectivity index (χ1n) is 11.2. The Morgan fingerprint density at radius 2 is 1.69 bits per heavy atom. The molecule has 0 bridgehead atoms. The minimum Gasteiger partial charge on any atom is -0.374 e. The van der Waals surface area contributed by atoms with Crippen molar-refractivity contribution in [2.24, 2.45) is 4.99 Å². The smallest absolute Gasteiger partial charge is 0.227 e. The van der Waals surface area contributed by atoms with Crippen molar-refractivity contribution in [3.63, 3.8) is 0 Å². The maximum absolute atomic E-state index is 11.9. The second kappa shape index (κ2) is 13.4. The van der Waals surface area contributed by atoms with E-state index < -0.39 is 0 Å². The number of aliphatic imine (C=N–C) groups is 1. The number of guanidine groups is 1. The van der Waals surface area contributed by atoms with E-state index in [0.29, 0.717) is 26.1 Å². The molecule has 0 saturated carbocycles. The molecule has 6 nitrogen and oxygen atoms in total. The number of hydrogen-bond donors (Lipinski definition) is 2. The highest BCUT2D eigenvalue weighted by Gasteiger charge is 2.21. The fraction of sp³-hybridized carbons (Fsp3) is 0.440. The molecule has 0 radical (unpaired) electrons. The number of carbonyl (C=O) groups is 1. The van der Waals surface area contributed by atoms with E-state index in [0.717, 1.165) is 36.7 Å². The molecule has 1 aliphatic heterocycles. The third kappa shape index (κ3) is 8.09. The lowest BCUT2D eigenvalue weighted by Gasteiger charge is -2.16. The molecular weight excluding hydrogens is 515 g/mol. The zero-order chi connectivity index (χ0) is 22.1. The number of rotatable bonds is 9. The summed E-state index contributed by atoms with van der Waals surface area (Å²) in [4.78, 5) is 18.5. The van der Waals surface area contributed by atoms with Crippen LogP contribution in [0.2, 0.25) is 0 Å². The van der Waals surface area contributed by atoms with Gasteiger partial charge in [-0.15, -0.1) is 24.0 Å². The van der Waals surface area contributed by atoms with Gasteiger partial charge in [0.25, 0.3) is 0 Å². The number of hydrogen-bond acceptors (Lipinski definition) is 3. The molecule has 0 atom stereocenters. The van der Waals surface area contributed by atoms with E-state index in [1.54, 1.807) is 0 Å². The summed E-state index contributed by atoms with van der Waals surface area (Å²) in [5, 5.41) is 6.69. The maximum Gasteiger partial charge on any atom is 0.227 e. The molecule has 32 heavy (non-hydrogen) atoms. The Kier molecular flexibility index (Phi) is 11.0. The summed E-state index contributed by atoms with van der Waals surface area (Å²) in [6, 6.07) is 16.6. The number of ether oxygens (including phenoxy) is 1. The van der Waals surface area contributed by atoms with Crippen molar-refractivity contribution < 1.29 is 9.53 Å². The molecule has 174 valence electrons. The van der Waals surface area contributed by atoms with Crippen LogP contribution in [0.15, 0.2) is 53.5 Å². The van der Waals surface area contributed by atoms with Gasteiger partial charge in [0, 0.05) is 31.7 Å². The van der Waals surface area contributed by atoms with Gasteiger partial charge < -0.3 is 20.3 Å². The molecular formula is C25H35IN4O2. The van der Waals surface area contributed by atoms with Gasteiger partial charge >= 0.3 is 0 Å². The topological polar surface area (TPSA) is 66.0 Å². The van der Waals surface area contributed by atoms with E-state index in [1.807, 2.05) is 43.0 Å². The lowest BCUT2D eigenvalue weighted by Crippen LogP contribution is -2.36. The Balaban J connectivity index is 0.00000363. The molecule has 0 spiro atoms. The number of benzene rings is 2. The average Bonchev–Trinajstić information content (AvgIpc) is 3.21. The first-order chi connectivity index (χ1) is 15.0. The van der Waals surface area contributed by atoms with Crippen molar-refractivity contribution >= 4 is 41.5 Å². The van der Waals surface area contributed by atoms with Crippen molar-refractivity contribution in [1.29, 1.82) is 0 Å². The number of nitrogens with one attached hydrogen (secondary N) is 2. The standard InChI is InChI=1S/C25H34N4O2.HI/c1-4-26-25(27-16-20-7-9-22(10-8-20)18-31-19(2)3)28-17-21-11-13-23(14-12-21)29-15-5-6-24(29)30;/h7-14,19H,4-6,15-18H2,1-3H3,(H2,26,27,28);1H. The summed E-state index contributed by atoms with van der Waals surface area (Å²) in [7, 11) is 0. The fourth-order valence-electron chi connectivity index (χ4n) is 3.42. The Labute approximate surface area is 208 Å². The van der Waals surface area contributed by atoms with Crippen molar-refractivity contribution in [3.05, 3.63) is 65.2 Å². The molecule has 2 aromatic rings. The van der Waals surface area contributed by atoms with Crippen LogP contribution in [0.1, 0.15) is 50.3 Å². The first-order valence-corrected chi connectivity index (χ1v) is 11.2. The van der Waals surface area contributed by atoms with Crippen molar-refractivity contribution in [3.8, 4) is 0 Å². The van der Waals surface area contributed by atoms with E-state index in [9.17, 15) is 4.79 Å². The molecule has 1 fully saturated rings. The lowest BCUT2D eigenvalue weighted by molar-refractivity contribution is -0.117. The monoisotopic (exact) mass is 550 g/mol. The quantitative estimate of drug-likeness (QED) is 0.272. The molecule has 0 aromatic heterocycles. The molecule has 2 aromatic carbocycles. The number of carbonyl (C=O) groups excluding carboxylic acids is 1. The van der Waals surface area contributed by atoms with Crippen LogP contribution in [-0.4, -0.2) is 31.1 Å². The summed E-state index contributed by atoms with van der Waals surface area (Å²) < 4.78 is 5.65. The summed E-state index contributed by atoms with van der Waals surface area (Å²) in [5.74, 6) is 0.999. The zero-order valence-corrected chi connectivity index (χ0v) is 21.6. The van der Waals surface area contributed by atoms with E-state index in [1.165, 1.54) is 11.1 Å². The van der Waals surface area contributed by atoms with Gasteiger partial charge in [-0.05, 0) is 56.0 Å². The third-order valence-electron chi connectivity index (χ3n) is 5.15. The molecule has 2 N–H and O–H groups in total. The van der Waals surface area contributed by atoms with Crippen molar-refractivity contribution in [1.82, 2.24) is 10.6 Å². The number of halogens is 1. The molecule has 0 aliphatic carbocycles. The number of nitrogens with zero attached hydrogens (tertiary/aromatic N) is 2. The van der Waals surface area contributed by atoms with Gasteiger partial charge in [0.15, 0.2) is 5.96 Å². The summed E-state index contributed by atoms with van der Waals surface area (Å²) in [6.07, 6.45) is 1.83. The van der Waals surface area contributed by atoms with E-state index >= 15 is 0 Å². The number of anilines is 1. The summed E-state index contributed by atoms with van der Waals surface area (Å²) in [6.45, 7) is 9.68. The molecule has 1 heterocycles. The highest BCUT2D eigenvalue weighted by Crippen LogP contribution is 2.21. The van der Waals surface area contributed by atoms with Gasteiger partial charge in [-0.25, -0.2) is 4.99 Å². The predicted molar refractivity (Wildman–Crippen MR) is 141 cm³/mol. The van der Waals surface area contributed by atoms with Crippen LogP contribution in [0.3, 0.4) is 0 Å². The second-order valence-electron chi connectivity index (χ2n) is 8.04. The zero-order valence-electron chi connectivity index (χ0n) is 19.3. The Morgan fingerprint density at radius 3 is 2.28 bits per heavy atom. The van der Waals surface area contributed by atoms with Crippen LogP contribution in [0.4, 0.5) is 5.69 Å². The van der Waals surface area contributed by atoms with Crippen LogP contribution in [0.25, 0.3) is 0 Å². The minimum atomic E-state index is 0. The largest absolute Gasteiger partial charge is 0.374 e. The average molecular weight is 550 g/mol. The highest BCUT2D eigenvalue weighted by atomic mass is 127. The molecule has 3 rings (SSSR count). The van der Waals surface area contributed by atoms with Crippen molar-refractivity contribution in [2.45, 2.75) is 59.4 Å². The van der Waals surface area contributed by atoms with Crippen LogP contribution < -0.4 is 15.5 Å². The summed E-state index contributed by atoms with van der Waals surface area (Å²) >= 11 is 0. The van der Waals surface area contributed by atoms with E-state index in [2.05, 4.69) is 41.8 Å². The van der Waals surface area contributed by atoms with Gasteiger partial charge in [-0.1, -0.05) is 36.4 Å². The van der Waals surface area contributed by atoms with Gasteiger partial charge in [0.1, 0.15) is 0 Å². The van der Waals surface area contributed by atoms with Crippen LogP contribution in [0, 0.1) is 0 Å². The molecule has 1 aliphatic rings. The molecule has 1 saturated heterocycles. The SMILES string of the molecule is CCNC(=NCc1ccc(N2CCCC2=O)cc1)NCc1ccc(COC(C)C)cc1.I. The van der Waals surface area contributed by atoms with E-state index in [4.69, 9.17) is 9.73 Å². The van der Waals surface area contributed by atoms with Crippen LogP contribution in [0.5, 0.6) is 0 Å². The van der Waals surface area contributed by atoms with Crippen LogP contribution in [-0.2, 0) is 29.2 Å². The summed E-state index contributed by atoms with van der Waals surface area (Å²) in [5.41, 5.74) is 4.46. The highest BCUT2D eigenvalue weighted by molar-refractivity contribution is 14.0. The number of amides is 1. The first kappa shape index (κ1) is 26.1. The van der Waals surface area contributed by atoms with Gasteiger partial charge in [0.2, 0.25) is 5.91 Å². The molecule has 1 amide bonds. The van der Waals surface area contributed by atoms with Crippen molar-refractivity contribution in [2.75, 3.05) is 18.0 Å². The second-order valence-corrected chi connectivity index (χ2v) is 8.04. The maximum atomic E-state index is 11.9. The van der Waals surface area contributed by atoms with Gasteiger partial charge in [-0.3, -0.25) is 4.79 Å². The van der Waals surface area contributed by atoms with Crippen LogP contribution >= 0.6 is 24.0 Å². The van der Waals surface area contributed by atoms with Gasteiger partial charge in [-0.2, -0.15) is 0 Å². The Bertz CT molecular complexity index is 867. The molecule has 7 heteroatoms. The molecule has 0 unspecified atom stereocenters. The Hall–Kier alpha value is -2.13. The fourth-order valence-corrected chi connectivity index (χ4v) is 3.42. The van der Waals surface area contributed by atoms with Gasteiger partial charge in [0.05, 0.1) is 19.3 Å². The third-order valence-corrected chi connectivity index (χ3v) is 5.15. The normalized spacial score (nSPS) is 13.9. The van der Waals surface area contributed by atoms with E-state index in [-0.39, 0.29) is 36.0 Å². The lowest BCUT2D eigenvalue weighted by atomic mass is 10.1. The Morgan fingerprint density at radius 1 is 1.03 bits per heavy atom. The predicted octanol–water partition coefficient (Wildman–Crippen LogP) is 4.61. The minimum absolute atomic E-state index is 0.